The van der Waals surface area contributed by atoms with Gasteiger partial charge >= 0.3 is 0 Å². The van der Waals surface area contributed by atoms with E-state index in [0.29, 0.717) is 0 Å². The van der Waals surface area contributed by atoms with Crippen molar-refractivity contribution in [3.63, 3.8) is 0 Å². The zero-order valence-corrected chi connectivity index (χ0v) is 7.78. The summed E-state index contributed by atoms with van der Waals surface area (Å²) in [4.78, 5) is 0. The van der Waals surface area contributed by atoms with Crippen LogP contribution in [-0.4, -0.2) is 10.2 Å². The Hall–Kier alpha value is -1.64. The van der Waals surface area contributed by atoms with Gasteiger partial charge in [-0.3, -0.25) is 5.10 Å². The zero-order chi connectivity index (χ0) is 9.26. The maximum Gasteiger partial charge on any atom is 0.169 e. The van der Waals surface area contributed by atoms with Crippen molar-refractivity contribution in [1.82, 2.24) is 10.2 Å². The van der Waals surface area contributed by atoms with Gasteiger partial charge in [0.15, 0.2) is 12.4 Å². The van der Waals surface area contributed by atoms with Crippen LogP contribution in [0.1, 0.15) is 5.69 Å². The van der Waals surface area contributed by atoms with Gasteiger partial charge in [0.25, 0.3) is 0 Å². The van der Waals surface area contributed by atoms with Crippen molar-refractivity contribution >= 4 is 0 Å². The molecule has 0 spiro atoms. The summed E-state index contributed by atoms with van der Waals surface area (Å²) >= 11 is 0. The molecule has 2 rings (SSSR count). The first kappa shape index (κ1) is 7.98. The topological polar surface area (TPSA) is 32.6 Å². The van der Waals surface area contributed by atoms with Gasteiger partial charge in [0.05, 0.1) is 5.69 Å². The van der Waals surface area contributed by atoms with Crippen molar-refractivity contribution < 1.29 is 4.57 Å². The molecular weight excluding hydrogens is 162 g/mol. The lowest BCUT2D eigenvalue weighted by Crippen LogP contribution is -2.25. The zero-order valence-electron chi connectivity index (χ0n) is 7.78. The molecule has 2 aromatic heterocycles. The first-order chi connectivity index (χ1) is 6.25. The fourth-order valence-corrected chi connectivity index (χ4v) is 1.24. The van der Waals surface area contributed by atoms with E-state index in [1.807, 2.05) is 37.0 Å². The summed E-state index contributed by atoms with van der Waals surface area (Å²) in [6, 6.07) is 6.14. The summed E-state index contributed by atoms with van der Waals surface area (Å²) in [5, 5.41) is 7.11. The maximum absolute atomic E-state index is 4.18. The van der Waals surface area contributed by atoms with Crippen LogP contribution in [0.15, 0.2) is 30.6 Å². The van der Waals surface area contributed by atoms with Crippen molar-refractivity contribution in [3.8, 4) is 11.3 Å². The van der Waals surface area contributed by atoms with E-state index in [1.54, 1.807) is 0 Å². The molecular formula is C10H12N3+. The number of aromatic nitrogens is 3. The summed E-state index contributed by atoms with van der Waals surface area (Å²) in [5.74, 6) is 0. The Labute approximate surface area is 77.0 Å². The molecule has 0 aliphatic rings. The molecule has 2 aromatic rings. The van der Waals surface area contributed by atoms with Gasteiger partial charge in [-0.05, 0) is 13.0 Å². The summed E-state index contributed by atoms with van der Waals surface area (Å²) in [6.45, 7) is 2.00. The normalized spacial score (nSPS) is 10.3. The second-order valence-corrected chi connectivity index (χ2v) is 3.19. The van der Waals surface area contributed by atoms with Crippen molar-refractivity contribution in [2.24, 2.45) is 7.05 Å². The van der Waals surface area contributed by atoms with E-state index in [-0.39, 0.29) is 0 Å². The fourth-order valence-electron chi connectivity index (χ4n) is 1.24. The lowest BCUT2D eigenvalue weighted by molar-refractivity contribution is -0.671. The van der Waals surface area contributed by atoms with Gasteiger partial charge in [-0.15, -0.1) is 0 Å². The summed E-state index contributed by atoms with van der Waals surface area (Å²) in [6.07, 6.45) is 4.03. The van der Waals surface area contributed by atoms with Crippen LogP contribution in [0, 0.1) is 6.92 Å². The molecule has 66 valence electrons. The van der Waals surface area contributed by atoms with E-state index < -0.39 is 0 Å². The summed E-state index contributed by atoms with van der Waals surface area (Å²) < 4.78 is 2.00. The van der Waals surface area contributed by atoms with E-state index in [9.17, 15) is 0 Å². The number of nitrogens with one attached hydrogen (secondary N) is 1. The predicted molar refractivity (Wildman–Crippen MR) is 49.9 cm³/mol. The molecule has 13 heavy (non-hydrogen) atoms. The van der Waals surface area contributed by atoms with Gasteiger partial charge in [0.1, 0.15) is 7.05 Å². The molecule has 0 saturated heterocycles. The first-order valence-corrected chi connectivity index (χ1v) is 4.23. The highest BCUT2D eigenvalue weighted by molar-refractivity contribution is 5.57. The first-order valence-electron chi connectivity index (χ1n) is 4.23. The van der Waals surface area contributed by atoms with Gasteiger partial charge in [-0.25, -0.2) is 4.57 Å². The Kier molecular flexibility index (Phi) is 1.85. The summed E-state index contributed by atoms with van der Waals surface area (Å²) in [7, 11) is 2.00. The van der Waals surface area contributed by atoms with Crippen molar-refractivity contribution in [2.45, 2.75) is 6.92 Å². The van der Waals surface area contributed by atoms with Crippen LogP contribution >= 0.6 is 0 Å². The van der Waals surface area contributed by atoms with E-state index in [0.717, 1.165) is 17.0 Å². The molecule has 0 radical (unpaired) electrons. The number of aromatic amines is 1. The lowest BCUT2D eigenvalue weighted by Gasteiger charge is -1.92. The smallest absolute Gasteiger partial charge is 0.169 e. The minimum atomic E-state index is 0.998. The molecule has 1 N–H and O–H groups in total. The predicted octanol–water partition coefficient (Wildman–Crippen LogP) is 1.21. The van der Waals surface area contributed by atoms with Gasteiger partial charge < -0.3 is 0 Å². The van der Waals surface area contributed by atoms with E-state index in [1.165, 1.54) is 0 Å². The fraction of sp³-hybridized carbons (Fsp3) is 0.200. The molecule has 3 nitrogen and oxygen atoms in total. The molecule has 0 fully saturated rings. The molecule has 0 atom stereocenters. The lowest BCUT2D eigenvalue weighted by atomic mass is 10.2. The third-order valence-corrected chi connectivity index (χ3v) is 1.98. The third-order valence-electron chi connectivity index (χ3n) is 1.98. The molecule has 0 bridgehead atoms. The van der Waals surface area contributed by atoms with E-state index in [4.69, 9.17) is 0 Å². The van der Waals surface area contributed by atoms with Crippen LogP contribution in [0.3, 0.4) is 0 Å². The molecule has 0 saturated carbocycles. The van der Waals surface area contributed by atoms with Crippen LogP contribution in [0.4, 0.5) is 0 Å². The van der Waals surface area contributed by atoms with E-state index >= 15 is 0 Å². The van der Waals surface area contributed by atoms with Crippen LogP contribution in [0.25, 0.3) is 11.3 Å². The van der Waals surface area contributed by atoms with Gasteiger partial charge in [-0.2, -0.15) is 5.10 Å². The van der Waals surface area contributed by atoms with Gasteiger partial charge in [-0.1, -0.05) is 0 Å². The second kappa shape index (κ2) is 3.01. The SMILES string of the molecule is Cc1cc(-c2cc[n+](C)cc2)n[nH]1. The van der Waals surface area contributed by atoms with Crippen molar-refractivity contribution in [3.05, 3.63) is 36.3 Å². The Morgan fingerprint density at radius 2 is 2.00 bits per heavy atom. The second-order valence-electron chi connectivity index (χ2n) is 3.19. The number of hydrogen-bond acceptors (Lipinski definition) is 1. The highest BCUT2D eigenvalue weighted by Crippen LogP contribution is 2.14. The van der Waals surface area contributed by atoms with Crippen LogP contribution in [0.2, 0.25) is 0 Å². The Morgan fingerprint density at radius 3 is 2.54 bits per heavy atom. The highest BCUT2D eigenvalue weighted by Gasteiger charge is 2.02. The molecule has 0 unspecified atom stereocenters. The average Bonchev–Trinajstić information content (AvgIpc) is 2.53. The van der Waals surface area contributed by atoms with Crippen LogP contribution in [-0.2, 0) is 7.05 Å². The molecule has 0 amide bonds. The molecule has 3 heteroatoms. The summed E-state index contributed by atoms with van der Waals surface area (Å²) in [5.41, 5.74) is 3.23. The quantitative estimate of drug-likeness (QED) is 0.647. The standard InChI is InChI=1S/C10H11N3/c1-8-7-10(12-11-8)9-3-5-13(2)6-4-9/h3-7H,1-2H3/p+1. The molecule has 0 aromatic carbocycles. The van der Waals surface area contributed by atoms with Crippen LogP contribution < -0.4 is 4.57 Å². The molecule has 0 aliphatic heterocycles. The number of aryl methyl sites for hydroxylation is 2. The average molecular weight is 174 g/mol. The van der Waals surface area contributed by atoms with E-state index in [2.05, 4.69) is 22.3 Å². The number of pyridine rings is 1. The number of hydrogen-bond donors (Lipinski definition) is 1. The third kappa shape index (κ3) is 1.59. The molecule has 2 heterocycles. The Balaban J connectivity index is 2.41. The van der Waals surface area contributed by atoms with Crippen molar-refractivity contribution in [2.75, 3.05) is 0 Å². The molecule has 0 aliphatic carbocycles. The highest BCUT2D eigenvalue weighted by atomic mass is 15.1. The maximum atomic E-state index is 4.18. The van der Waals surface area contributed by atoms with Gasteiger partial charge in [0, 0.05) is 23.4 Å². The minimum Gasteiger partial charge on any atom is -0.282 e. The number of H-pyrrole nitrogens is 1. The number of rotatable bonds is 1. The number of nitrogens with zero attached hydrogens (tertiary/aromatic N) is 2. The largest absolute Gasteiger partial charge is 0.282 e. The van der Waals surface area contributed by atoms with Crippen LogP contribution in [0.5, 0.6) is 0 Å². The van der Waals surface area contributed by atoms with Gasteiger partial charge in [0.2, 0.25) is 0 Å². The Morgan fingerprint density at radius 1 is 1.31 bits per heavy atom. The Bertz CT molecular complexity index is 400. The van der Waals surface area contributed by atoms with Crippen molar-refractivity contribution in [1.29, 1.82) is 0 Å². The monoisotopic (exact) mass is 174 g/mol. The minimum absolute atomic E-state index is 0.998.